The molecule has 0 radical (unpaired) electrons. The lowest BCUT2D eigenvalue weighted by molar-refractivity contribution is 0.0696. The topological polar surface area (TPSA) is 55.8 Å². The van der Waals surface area contributed by atoms with Crippen LogP contribution in [0.4, 0.5) is 0 Å². The zero-order valence-electron chi connectivity index (χ0n) is 9.41. The predicted octanol–water partition coefficient (Wildman–Crippen LogP) is 1.99. The Hall–Kier alpha value is -1.86. The number of rotatable bonds is 3. The maximum Gasteiger partial charge on any atom is 0.337 e. The Kier molecular flexibility index (Phi) is 4.68. The van der Waals surface area contributed by atoms with Gasteiger partial charge < -0.3 is 14.6 Å². The summed E-state index contributed by atoms with van der Waals surface area (Å²) in [6.07, 6.45) is 0. The molecule has 0 spiro atoms. The average Bonchev–Trinajstić information content (AvgIpc) is 2.34. The largest absolute Gasteiger partial charge is 0.493 e. The van der Waals surface area contributed by atoms with Crippen LogP contribution in [0, 0.1) is 11.8 Å². The van der Waals surface area contributed by atoms with Gasteiger partial charge in [-0.25, -0.2) is 4.79 Å². The molecule has 0 aromatic heterocycles. The van der Waals surface area contributed by atoms with E-state index in [0.717, 1.165) is 0 Å². The van der Waals surface area contributed by atoms with Gasteiger partial charge in [-0.1, -0.05) is 11.8 Å². The Morgan fingerprint density at radius 2 is 1.94 bits per heavy atom. The van der Waals surface area contributed by atoms with Crippen molar-refractivity contribution in [2.45, 2.75) is 0 Å². The molecule has 0 heterocycles. The molecular formula is C12H11ClO4. The number of aromatic carboxylic acids is 1. The molecule has 0 saturated carbocycles. The summed E-state index contributed by atoms with van der Waals surface area (Å²) in [7, 11) is 2.91. The Morgan fingerprint density at radius 1 is 1.35 bits per heavy atom. The number of benzene rings is 1. The van der Waals surface area contributed by atoms with Gasteiger partial charge in [0.25, 0.3) is 0 Å². The van der Waals surface area contributed by atoms with Crippen molar-refractivity contribution in [3.8, 4) is 23.3 Å². The number of carbonyl (C=O) groups is 1. The molecule has 0 unspecified atom stereocenters. The fourth-order valence-corrected chi connectivity index (χ4v) is 1.35. The zero-order valence-corrected chi connectivity index (χ0v) is 10.2. The van der Waals surface area contributed by atoms with E-state index in [4.69, 9.17) is 26.2 Å². The molecule has 0 bridgehead atoms. The summed E-state index contributed by atoms with van der Waals surface area (Å²) < 4.78 is 10.1. The fourth-order valence-electron chi connectivity index (χ4n) is 1.29. The summed E-state index contributed by atoms with van der Waals surface area (Å²) in [5, 5.41) is 9.05. The van der Waals surface area contributed by atoms with Gasteiger partial charge in [-0.05, 0) is 6.07 Å². The quantitative estimate of drug-likeness (QED) is 0.662. The summed E-state index contributed by atoms with van der Waals surface area (Å²) in [6, 6.07) is 2.89. The molecule has 4 nitrogen and oxygen atoms in total. The molecule has 1 aromatic carbocycles. The van der Waals surface area contributed by atoms with Gasteiger partial charge in [0, 0.05) is 11.6 Å². The predicted molar refractivity (Wildman–Crippen MR) is 64.1 cm³/mol. The molecule has 0 aliphatic carbocycles. The molecule has 1 aromatic rings. The maximum atomic E-state index is 11.1. The zero-order chi connectivity index (χ0) is 12.8. The van der Waals surface area contributed by atoms with Crippen LogP contribution < -0.4 is 9.47 Å². The van der Waals surface area contributed by atoms with Crippen LogP contribution >= 0.6 is 11.6 Å². The van der Waals surface area contributed by atoms with Gasteiger partial charge in [0.05, 0.1) is 25.7 Å². The van der Waals surface area contributed by atoms with Crippen LogP contribution in [-0.2, 0) is 0 Å². The van der Waals surface area contributed by atoms with E-state index in [1.807, 2.05) is 0 Å². The highest BCUT2D eigenvalue weighted by Crippen LogP contribution is 2.30. The van der Waals surface area contributed by atoms with Gasteiger partial charge in [0.15, 0.2) is 11.5 Å². The number of ether oxygens (including phenoxy) is 2. The van der Waals surface area contributed by atoms with E-state index >= 15 is 0 Å². The Balaban J connectivity index is 3.40. The van der Waals surface area contributed by atoms with Crippen molar-refractivity contribution in [1.29, 1.82) is 0 Å². The highest BCUT2D eigenvalue weighted by atomic mass is 35.5. The first-order chi connectivity index (χ1) is 8.13. The van der Waals surface area contributed by atoms with Crippen molar-refractivity contribution < 1.29 is 19.4 Å². The van der Waals surface area contributed by atoms with Crippen LogP contribution in [0.15, 0.2) is 12.1 Å². The first kappa shape index (κ1) is 13.2. The molecule has 0 fully saturated rings. The summed E-state index contributed by atoms with van der Waals surface area (Å²) in [5.41, 5.74) is 0.399. The lowest BCUT2D eigenvalue weighted by atomic mass is 10.1. The van der Waals surface area contributed by atoms with Crippen molar-refractivity contribution in [1.82, 2.24) is 0 Å². The summed E-state index contributed by atoms with van der Waals surface area (Å²) >= 11 is 5.44. The van der Waals surface area contributed by atoms with Gasteiger partial charge in [-0.3, -0.25) is 0 Å². The normalized spacial score (nSPS) is 9.12. The van der Waals surface area contributed by atoms with Crippen LogP contribution in [0.5, 0.6) is 11.5 Å². The third-order valence-electron chi connectivity index (χ3n) is 2.04. The number of methoxy groups -OCH3 is 2. The molecule has 0 saturated heterocycles. The lowest BCUT2D eigenvalue weighted by Crippen LogP contribution is -2.02. The lowest BCUT2D eigenvalue weighted by Gasteiger charge is -2.09. The Bertz CT molecular complexity index is 485. The molecular weight excluding hydrogens is 244 g/mol. The fraction of sp³-hybridized carbons (Fsp3) is 0.250. The molecule has 0 aliphatic heterocycles. The SMILES string of the molecule is COc1cc(C#CCCl)c(C(=O)O)cc1OC. The number of carboxylic acid groups (broad SMARTS) is 1. The number of halogens is 1. The van der Waals surface area contributed by atoms with Crippen molar-refractivity contribution in [2.24, 2.45) is 0 Å². The van der Waals surface area contributed by atoms with Crippen LogP contribution in [-0.4, -0.2) is 31.2 Å². The maximum absolute atomic E-state index is 11.1. The van der Waals surface area contributed by atoms with E-state index in [9.17, 15) is 4.79 Å². The van der Waals surface area contributed by atoms with Gasteiger partial charge >= 0.3 is 5.97 Å². The van der Waals surface area contributed by atoms with E-state index in [1.54, 1.807) is 0 Å². The average molecular weight is 255 g/mol. The molecule has 0 aliphatic rings. The molecule has 90 valence electrons. The van der Waals surface area contributed by atoms with Crippen LogP contribution in [0.25, 0.3) is 0 Å². The third kappa shape index (κ3) is 3.05. The van der Waals surface area contributed by atoms with Gasteiger partial charge in [-0.2, -0.15) is 0 Å². The molecule has 1 rings (SSSR count). The van der Waals surface area contributed by atoms with Crippen molar-refractivity contribution in [3.05, 3.63) is 23.3 Å². The van der Waals surface area contributed by atoms with Crippen LogP contribution in [0.2, 0.25) is 0 Å². The van der Waals surface area contributed by atoms with E-state index in [2.05, 4.69) is 11.8 Å². The molecule has 5 heteroatoms. The van der Waals surface area contributed by atoms with E-state index < -0.39 is 5.97 Å². The van der Waals surface area contributed by atoms with Gasteiger partial charge in [-0.15, -0.1) is 11.6 Å². The number of alkyl halides is 1. The summed E-state index contributed by atoms with van der Waals surface area (Å²) in [5.74, 6) is 5.11. The third-order valence-corrected chi connectivity index (χ3v) is 2.18. The minimum Gasteiger partial charge on any atom is -0.493 e. The minimum atomic E-state index is -1.08. The van der Waals surface area contributed by atoms with Crippen molar-refractivity contribution in [3.63, 3.8) is 0 Å². The highest BCUT2D eigenvalue weighted by Gasteiger charge is 2.14. The number of carboxylic acids is 1. The summed E-state index contributed by atoms with van der Waals surface area (Å²) in [6.45, 7) is 0. The molecule has 1 N–H and O–H groups in total. The van der Waals surface area contributed by atoms with Crippen molar-refractivity contribution in [2.75, 3.05) is 20.1 Å². The Morgan fingerprint density at radius 3 is 2.41 bits per heavy atom. The number of hydrogen-bond donors (Lipinski definition) is 1. The van der Waals surface area contributed by atoms with E-state index in [1.165, 1.54) is 26.4 Å². The Labute approximate surface area is 104 Å². The van der Waals surface area contributed by atoms with E-state index in [0.29, 0.717) is 17.1 Å². The molecule has 0 amide bonds. The van der Waals surface area contributed by atoms with E-state index in [-0.39, 0.29) is 11.4 Å². The standard InChI is InChI=1S/C12H11ClO4/c1-16-10-6-8(4-3-5-13)9(12(14)15)7-11(10)17-2/h6-7H,5H2,1-2H3,(H,14,15). The number of hydrogen-bond acceptors (Lipinski definition) is 3. The second kappa shape index (κ2) is 6.02. The smallest absolute Gasteiger partial charge is 0.337 e. The molecule has 17 heavy (non-hydrogen) atoms. The first-order valence-electron chi connectivity index (χ1n) is 4.68. The first-order valence-corrected chi connectivity index (χ1v) is 5.21. The second-order valence-electron chi connectivity index (χ2n) is 2.99. The van der Waals surface area contributed by atoms with Gasteiger partial charge in [0.1, 0.15) is 0 Å². The van der Waals surface area contributed by atoms with Gasteiger partial charge in [0.2, 0.25) is 0 Å². The highest BCUT2D eigenvalue weighted by molar-refractivity contribution is 6.19. The minimum absolute atomic E-state index is 0.0558. The monoisotopic (exact) mass is 254 g/mol. The molecule has 0 atom stereocenters. The van der Waals surface area contributed by atoms with Crippen molar-refractivity contribution >= 4 is 17.6 Å². The summed E-state index contributed by atoms with van der Waals surface area (Å²) in [4.78, 5) is 11.1. The van der Waals surface area contributed by atoms with Crippen LogP contribution in [0.1, 0.15) is 15.9 Å². The second-order valence-corrected chi connectivity index (χ2v) is 3.26. The van der Waals surface area contributed by atoms with Crippen LogP contribution in [0.3, 0.4) is 0 Å².